The molecule has 0 unspecified atom stereocenters. The maximum Gasteiger partial charge on any atom is 0.251 e. The van der Waals surface area contributed by atoms with Crippen molar-refractivity contribution in [3.8, 4) is 11.1 Å². The van der Waals surface area contributed by atoms with Gasteiger partial charge in [-0.25, -0.2) is 14.4 Å². The average Bonchev–Trinajstić information content (AvgIpc) is 2.68. The number of halogens is 1. The van der Waals surface area contributed by atoms with Crippen LogP contribution in [0, 0.1) is 5.82 Å². The standard InChI is InChI=1S/C20H19FN4O2/c21-18-9-15(17-11-24-20(22)25-12-17)8-16(10-18)19(26)23-6-7-27-13-14-4-2-1-3-5-14/h1-5,8-12H,6-7,13H2,(H,23,26)(H2,22,24,25). The van der Waals surface area contributed by atoms with Crippen molar-refractivity contribution in [2.45, 2.75) is 6.61 Å². The van der Waals surface area contributed by atoms with Crippen LogP contribution in [0.1, 0.15) is 15.9 Å². The van der Waals surface area contributed by atoms with Crippen LogP contribution >= 0.6 is 0 Å². The summed E-state index contributed by atoms with van der Waals surface area (Å²) < 4.78 is 19.4. The summed E-state index contributed by atoms with van der Waals surface area (Å²) in [5.74, 6) is -0.770. The van der Waals surface area contributed by atoms with E-state index in [0.717, 1.165) is 5.56 Å². The van der Waals surface area contributed by atoms with E-state index in [-0.39, 0.29) is 17.4 Å². The molecule has 3 rings (SSSR count). The van der Waals surface area contributed by atoms with E-state index in [0.29, 0.717) is 30.9 Å². The molecule has 0 atom stereocenters. The maximum absolute atomic E-state index is 13.9. The summed E-state index contributed by atoms with van der Waals surface area (Å²) in [4.78, 5) is 20.0. The molecule has 0 fully saturated rings. The molecule has 2 aromatic carbocycles. The fourth-order valence-electron chi connectivity index (χ4n) is 2.48. The predicted molar refractivity (Wildman–Crippen MR) is 100 cm³/mol. The van der Waals surface area contributed by atoms with E-state index in [2.05, 4.69) is 15.3 Å². The van der Waals surface area contributed by atoms with Gasteiger partial charge in [0.2, 0.25) is 5.95 Å². The first-order valence-corrected chi connectivity index (χ1v) is 8.40. The predicted octanol–water partition coefficient (Wildman–Crippen LogP) is 2.81. The van der Waals surface area contributed by atoms with Gasteiger partial charge in [0, 0.05) is 30.1 Å². The van der Waals surface area contributed by atoms with E-state index in [9.17, 15) is 9.18 Å². The van der Waals surface area contributed by atoms with E-state index in [1.165, 1.54) is 24.5 Å². The number of ether oxygens (including phenoxy) is 1. The molecule has 1 aromatic heterocycles. The zero-order valence-electron chi connectivity index (χ0n) is 14.6. The number of carbonyl (C=O) groups is 1. The van der Waals surface area contributed by atoms with Gasteiger partial charge in [-0.05, 0) is 29.3 Å². The smallest absolute Gasteiger partial charge is 0.251 e. The van der Waals surface area contributed by atoms with Gasteiger partial charge in [-0.3, -0.25) is 4.79 Å². The van der Waals surface area contributed by atoms with Gasteiger partial charge in [0.25, 0.3) is 5.91 Å². The Morgan fingerprint density at radius 2 is 1.81 bits per heavy atom. The van der Waals surface area contributed by atoms with E-state index < -0.39 is 5.82 Å². The molecule has 7 heteroatoms. The first-order valence-electron chi connectivity index (χ1n) is 8.40. The molecule has 0 spiro atoms. The van der Waals surface area contributed by atoms with E-state index in [1.807, 2.05) is 30.3 Å². The van der Waals surface area contributed by atoms with Gasteiger partial charge in [0.15, 0.2) is 0 Å². The summed E-state index contributed by atoms with van der Waals surface area (Å²) >= 11 is 0. The summed E-state index contributed by atoms with van der Waals surface area (Å²) in [5, 5.41) is 2.72. The highest BCUT2D eigenvalue weighted by atomic mass is 19.1. The number of nitrogen functional groups attached to an aromatic ring is 1. The van der Waals surface area contributed by atoms with Gasteiger partial charge in [-0.2, -0.15) is 0 Å². The normalized spacial score (nSPS) is 10.6. The van der Waals surface area contributed by atoms with Crippen LogP contribution in [0.4, 0.5) is 10.3 Å². The maximum atomic E-state index is 13.9. The Morgan fingerprint density at radius 3 is 2.56 bits per heavy atom. The van der Waals surface area contributed by atoms with Crippen molar-refractivity contribution in [3.63, 3.8) is 0 Å². The second-order valence-electron chi connectivity index (χ2n) is 5.85. The van der Waals surface area contributed by atoms with Crippen LogP contribution in [0.15, 0.2) is 60.9 Å². The number of aromatic nitrogens is 2. The van der Waals surface area contributed by atoms with Crippen LogP contribution in [-0.2, 0) is 11.3 Å². The Labute approximate surface area is 156 Å². The van der Waals surface area contributed by atoms with Crippen molar-refractivity contribution in [1.29, 1.82) is 0 Å². The van der Waals surface area contributed by atoms with Crippen LogP contribution in [0.3, 0.4) is 0 Å². The van der Waals surface area contributed by atoms with Gasteiger partial charge in [0.05, 0.1) is 13.2 Å². The highest BCUT2D eigenvalue weighted by Crippen LogP contribution is 2.21. The molecule has 0 saturated heterocycles. The molecule has 138 valence electrons. The number of benzene rings is 2. The summed E-state index contributed by atoms with van der Waals surface area (Å²) in [6.07, 6.45) is 2.96. The Kier molecular flexibility index (Phi) is 6.06. The van der Waals surface area contributed by atoms with Gasteiger partial charge in [0.1, 0.15) is 5.82 Å². The van der Waals surface area contributed by atoms with Crippen LogP contribution in [0.5, 0.6) is 0 Å². The van der Waals surface area contributed by atoms with Crippen LogP contribution in [-0.4, -0.2) is 29.0 Å². The SMILES string of the molecule is Nc1ncc(-c2cc(F)cc(C(=O)NCCOCc3ccccc3)c2)cn1. The molecule has 1 heterocycles. The number of nitrogens with one attached hydrogen (secondary N) is 1. The van der Waals surface area contributed by atoms with Crippen molar-refractivity contribution in [3.05, 3.63) is 77.9 Å². The Morgan fingerprint density at radius 1 is 1.07 bits per heavy atom. The van der Waals surface area contributed by atoms with Crippen molar-refractivity contribution in [2.24, 2.45) is 0 Å². The molecule has 3 N–H and O–H groups in total. The topological polar surface area (TPSA) is 90.1 Å². The fourth-order valence-corrected chi connectivity index (χ4v) is 2.48. The van der Waals surface area contributed by atoms with Crippen LogP contribution < -0.4 is 11.1 Å². The zero-order chi connectivity index (χ0) is 19.1. The van der Waals surface area contributed by atoms with E-state index in [1.54, 1.807) is 6.07 Å². The van der Waals surface area contributed by atoms with Gasteiger partial charge >= 0.3 is 0 Å². The lowest BCUT2D eigenvalue weighted by molar-refractivity contribution is 0.0900. The largest absolute Gasteiger partial charge is 0.375 e. The third-order valence-corrected chi connectivity index (χ3v) is 3.81. The monoisotopic (exact) mass is 366 g/mol. The van der Waals surface area contributed by atoms with Crippen LogP contribution in [0.25, 0.3) is 11.1 Å². The quantitative estimate of drug-likeness (QED) is 0.628. The van der Waals surface area contributed by atoms with Crippen molar-refractivity contribution >= 4 is 11.9 Å². The molecular formula is C20H19FN4O2. The Balaban J connectivity index is 1.55. The molecule has 3 aromatic rings. The number of nitrogens with two attached hydrogens (primary N) is 1. The molecule has 0 aliphatic heterocycles. The molecule has 0 aliphatic carbocycles. The second kappa shape index (κ2) is 8.86. The molecule has 0 saturated carbocycles. The second-order valence-corrected chi connectivity index (χ2v) is 5.85. The lowest BCUT2D eigenvalue weighted by Gasteiger charge is -2.09. The number of rotatable bonds is 7. The van der Waals surface area contributed by atoms with Crippen LogP contribution in [0.2, 0.25) is 0 Å². The number of anilines is 1. The highest BCUT2D eigenvalue weighted by molar-refractivity contribution is 5.95. The lowest BCUT2D eigenvalue weighted by atomic mass is 10.1. The first kappa shape index (κ1) is 18.5. The molecule has 1 amide bonds. The third kappa shape index (κ3) is 5.32. The van der Waals surface area contributed by atoms with E-state index >= 15 is 0 Å². The fraction of sp³-hybridized carbons (Fsp3) is 0.150. The molecular weight excluding hydrogens is 347 g/mol. The van der Waals surface area contributed by atoms with Gasteiger partial charge < -0.3 is 15.8 Å². The van der Waals surface area contributed by atoms with E-state index in [4.69, 9.17) is 10.5 Å². The number of carbonyl (C=O) groups excluding carboxylic acids is 1. The number of amides is 1. The van der Waals surface area contributed by atoms with Crippen molar-refractivity contribution in [1.82, 2.24) is 15.3 Å². The Bertz CT molecular complexity index is 902. The minimum absolute atomic E-state index is 0.128. The van der Waals surface area contributed by atoms with Gasteiger partial charge in [-0.1, -0.05) is 30.3 Å². The van der Waals surface area contributed by atoms with Crippen molar-refractivity contribution in [2.75, 3.05) is 18.9 Å². The molecule has 6 nitrogen and oxygen atoms in total. The molecule has 0 aliphatic rings. The van der Waals surface area contributed by atoms with Crippen molar-refractivity contribution < 1.29 is 13.9 Å². The Hall–Kier alpha value is -3.32. The summed E-state index contributed by atoms with van der Waals surface area (Å²) in [6.45, 7) is 1.15. The lowest BCUT2D eigenvalue weighted by Crippen LogP contribution is -2.27. The molecule has 27 heavy (non-hydrogen) atoms. The minimum atomic E-state index is -0.519. The molecule has 0 radical (unpaired) electrons. The molecule has 0 bridgehead atoms. The number of hydrogen-bond donors (Lipinski definition) is 2. The highest BCUT2D eigenvalue weighted by Gasteiger charge is 2.10. The van der Waals surface area contributed by atoms with Gasteiger partial charge in [-0.15, -0.1) is 0 Å². The summed E-state index contributed by atoms with van der Waals surface area (Å²) in [6, 6.07) is 13.8. The first-order chi connectivity index (χ1) is 13.1. The third-order valence-electron chi connectivity index (χ3n) is 3.81. The number of nitrogens with zero attached hydrogens (tertiary/aromatic N) is 2. The summed E-state index contributed by atoms with van der Waals surface area (Å²) in [7, 11) is 0. The summed E-state index contributed by atoms with van der Waals surface area (Å²) in [5.41, 5.74) is 7.80. The zero-order valence-corrected chi connectivity index (χ0v) is 14.6. The average molecular weight is 366 g/mol. The minimum Gasteiger partial charge on any atom is -0.375 e. The number of hydrogen-bond acceptors (Lipinski definition) is 5.